The number of rotatable bonds is 4. The highest BCUT2D eigenvalue weighted by Gasteiger charge is 2.11. The number of carbonyl (C=O) groups excluding carboxylic acids is 1. The van der Waals surface area contributed by atoms with Crippen LogP contribution in [0.3, 0.4) is 0 Å². The van der Waals surface area contributed by atoms with Crippen molar-refractivity contribution in [3.63, 3.8) is 0 Å². The van der Waals surface area contributed by atoms with E-state index in [1.807, 2.05) is 12.1 Å². The molecule has 0 aliphatic heterocycles. The highest BCUT2D eigenvalue weighted by atomic mass is 79.9. The number of hydrogen-bond donors (Lipinski definition) is 2. The Morgan fingerprint density at radius 2 is 2.14 bits per heavy atom. The summed E-state index contributed by atoms with van der Waals surface area (Å²) < 4.78 is 0.886. The van der Waals surface area contributed by atoms with Crippen LogP contribution in [-0.4, -0.2) is 16.6 Å². The number of pyridine rings is 1. The molecular weight excluding hydrogens is 397 g/mol. The van der Waals surface area contributed by atoms with Crippen LogP contribution in [0.15, 0.2) is 40.0 Å². The van der Waals surface area contributed by atoms with Gasteiger partial charge in [0.15, 0.2) is 0 Å². The first-order chi connectivity index (χ1) is 9.95. The summed E-state index contributed by atoms with van der Waals surface area (Å²) in [6.45, 7) is 0. The molecular formula is C13H10BrCl2N3OS. The Balaban J connectivity index is 1.97. The average Bonchev–Trinajstić information content (AvgIpc) is 2.42. The molecule has 1 amide bonds. The lowest BCUT2D eigenvalue weighted by Gasteiger charge is -2.10. The lowest BCUT2D eigenvalue weighted by Crippen LogP contribution is -2.15. The van der Waals surface area contributed by atoms with Crippen LogP contribution >= 0.6 is 50.9 Å². The molecule has 1 aromatic heterocycles. The van der Waals surface area contributed by atoms with Crippen molar-refractivity contribution >= 4 is 68.2 Å². The van der Waals surface area contributed by atoms with E-state index in [9.17, 15) is 4.79 Å². The van der Waals surface area contributed by atoms with Crippen molar-refractivity contribution < 1.29 is 4.79 Å². The highest BCUT2D eigenvalue weighted by molar-refractivity contribution is 9.10. The van der Waals surface area contributed by atoms with E-state index < -0.39 is 0 Å². The van der Waals surface area contributed by atoms with E-state index in [0.29, 0.717) is 21.4 Å². The molecule has 0 atom stereocenters. The summed E-state index contributed by atoms with van der Waals surface area (Å²) in [7, 11) is 0. The number of amides is 1. The van der Waals surface area contributed by atoms with Crippen molar-refractivity contribution in [2.24, 2.45) is 0 Å². The van der Waals surface area contributed by atoms with Crippen LogP contribution in [0.2, 0.25) is 10.0 Å². The zero-order valence-corrected chi connectivity index (χ0v) is 14.5. The number of nitrogens with zero attached hydrogens (tertiary/aromatic N) is 1. The molecule has 0 spiro atoms. The van der Waals surface area contributed by atoms with Gasteiger partial charge < -0.3 is 11.1 Å². The summed E-state index contributed by atoms with van der Waals surface area (Å²) >= 11 is 16.4. The van der Waals surface area contributed by atoms with Crippen LogP contribution in [0.1, 0.15) is 0 Å². The Hall–Kier alpha value is -0.950. The van der Waals surface area contributed by atoms with Crippen LogP contribution in [0.5, 0.6) is 0 Å². The van der Waals surface area contributed by atoms with Gasteiger partial charge in [-0.15, -0.1) is 0 Å². The van der Waals surface area contributed by atoms with Crippen molar-refractivity contribution in [2.45, 2.75) is 5.03 Å². The fourth-order valence-corrected chi connectivity index (χ4v) is 2.92. The average molecular weight is 407 g/mol. The first kappa shape index (κ1) is 16.4. The number of halogens is 3. The monoisotopic (exact) mass is 405 g/mol. The Morgan fingerprint density at radius 3 is 2.76 bits per heavy atom. The predicted octanol–water partition coefficient (Wildman–Crippen LogP) is 4.46. The zero-order chi connectivity index (χ0) is 15.4. The van der Waals surface area contributed by atoms with Gasteiger partial charge in [0.2, 0.25) is 5.91 Å². The number of aromatic nitrogens is 1. The third kappa shape index (κ3) is 4.78. The number of carbonyl (C=O) groups is 1. The highest BCUT2D eigenvalue weighted by Crippen LogP contribution is 2.32. The summed E-state index contributed by atoms with van der Waals surface area (Å²) in [5.41, 5.74) is 6.48. The van der Waals surface area contributed by atoms with Gasteiger partial charge in [0, 0.05) is 15.7 Å². The van der Waals surface area contributed by atoms with Gasteiger partial charge >= 0.3 is 0 Å². The standard InChI is InChI=1S/C13H10BrCl2N3OS/c14-7-1-2-12(18-5-7)21-6-11(20)19-13-9(16)3-8(15)4-10(13)17/h1-5H,6,17H2,(H,19,20). The largest absolute Gasteiger partial charge is 0.397 e. The molecule has 0 unspecified atom stereocenters. The quantitative estimate of drug-likeness (QED) is 0.580. The molecule has 0 saturated carbocycles. The summed E-state index contributed by atoms with van der Waals surface area (Å²) in [5.74, 6) is -0.0202. The van der Waals surface area contributed by atoms with Crippen LogP contribution in [0.4, 0.5) is 11.4 Å². The second-order valence-electron chi connectivity index (χ2n) is 4.00. The normalized spacial score (nSPS) is 10.4. The van der Waals surface area contributed by atoms with Gasteiger partial charge in [-0.3, -0.25) is 4.79 Å². The molecule has 1 aromatic carbocycles. The molecule has 21 heavy (non-hydrogen) atoms. The third-order valence-corrected chi connectivity index (χ3v) is 4.33. The van der Waals surface area contributed by atoms with Crippen LogP contribution in [0, 0.1) is 0 Å². The first-order valence-electron chi connectivity index (χ1n) is 5.74. The second-order valence-corrected chi connectivity index (χ2v) is 6.76. The molecule has 8 heteroatoms. The minimum absolute atomic E-state index is 0.201. The van der Waals surface area contributed by atoms with E-state index in [1.165, 1.54) is 23.9 Å². The van der Waals surface area contributed by atoms with Gasteiger partial charge in [-0.25, -0.2) is 4.98 Å². The smallest absolute Gasteiger partial charge is 0.234 e. The van der Waals surface area contributed by atoms with Gasteiger partial charge in [0.25, 0.3) is 0 Å². The van der Waals surface area contributed by atoms with Crippen molar-refractivity contribution in [3.8, 4) is 0 Å². The molecule has 110 valence electrons. The minimum Gasteiger partial charge on any atom is -0.397 e. The zero-order valence-electron chi connectivity index (χ0n) is 10.6. The van der Waals surface area contributed by atoms with E-state index in [-0.39, 0.29) is 11.7 Å². The van der Waals surface area contributed by atoms with Crippen molar-refractivity contribution in [3.05, 3.63) is 45.0 Å². The predicted molar refractivity (Wildman–Crippen MR) is 92.2 cm³/mol. The molecule has 1 heterocycles. The van der Waals surface area contributed by atoms with Gasteiger partial charge in [-0.05, 0) is 40.2 Å². The van der Waals surface area contributed by atoms with Crippen LogP contribution < -0.4 is 11.1 Å². The number of nitrogen functional groups attached to an aromatic ring is 1. The fourth-order valence-electron chi connectivity index (χ4n) is 1.49. The van der Waals surface area contributed by atoms with Crippen LogP contribution in [0.25, 0.3) is 0 Å². The number of nitrogens with one attached hydrogen (secondary N) is 1. The molecule has 0 radical (unpaired) electrons. The Labute approximate surface area is 144 Å². The summed E-state index contributed by atoms with van der Waals surface area (Å²) in [5, 5.41) is 4.15. The molecule has 2 rings (SSSR count). The first-order valence-corrected chi connectivity index (χ1v) is 8.28. The summed E-state index contributed by atoms with van der Waals surface area (Å²) in [4.78, 5) is 16.1. The second kappa shape index (κ2) is 7.35. The van der Waals surface area contributed by atoms with Crippen molar-refractivity contribution in [1.82, 2.24) is 4.98 Å². The summed E-state index contributed by atoms with van der Waals surface area (Å²) in [6, 6.07) is 6.75. The lowest BCUT2D eigenvalue weighted by molar-refractivity contribution is -0.113. The SMILES string of the molecule is Nc1cc(Cl)cc(Cl)c1NC(=O)CSc1ccc(Br)cn1. The third-order valence-electron chi connectivity index (χ3n) is 2.40. The summed E-state index contributed by atoms with van der Waals surface area (Å²) in [6.07, 6.45) is 1.67. The molecule has 0 bridgehead atoms. The maximum atomic E-state index is 11.9. The van der Waals surface area contributed by atoms with Crippen molar-refractivity contribution in [2.75, 3.05) is 16.8 Å². The Kier molecular flexibility index (Phi) is 5.75. The Morgan fingerprint density at radius 1 is 1.38 bits per heavy atom. The molecule has 0 aliphatic rings. The van der Waals surface area contributed by atoms with Gasteiger partial charge in [0.05, 0.1) is 27.2 Å². The Bertz CT molecular complexity index is 644. The maximum absolute atomic E-state index is 11.9. The number of anilines is 2. The molecule has 0 saturated heterocycles. The van der Waals surface area contributed by atoms with Crippen LogP contribution in [-0.2, 0) is 4.79 Å². The number of nitrogens with two attached hydrogens (primary N) is 1. The van der Waals surface area contributed by atoms with E-state index in [0.717, 1.165) is 9.50 Å². The van der Waals surface area contributed by atoms with E-state index >= 15 is 0 Å². The van der Waals surface area contributed by atoms with E-state index in [1.54, 1.807) is 6.20 Å². The lowest BCUT2D eigenvalue weighted by atomic mass is 10.2. The fraction of sp³-hybridized carbons (Fsp3) is 0.0769. The van der Waals surface area contributed by atoms with E-state index in [4.69, 9.17) is 28.9 Å². The molecule has 2 aromatic rings. The van der Waals surface area contributed by atoms with Gasteiger partial charge in [-0.1, -0.05) is 35.0 Å². The maximum Gasteiger partial charge on any atom is 0.234 e. The number of benzene rings is 1. The van der Waals surface area contributed by atoms with Gasteiger partial charge in [0.1, 0.15) is 0 Å². The van der Waals surface area contributed by atoms with Gasteiger partial charge in [-0.2, -0.15) is 0 Å². The number of hydrogen-bond acceptors (Lipinski definition) is 4. The topological polar surface area (TPSA) is 68.0 Å². The molecule has 0 fully saturated rings. The minimum atomic E-state index is -0.222. The molecule has 4 nitrogen and oxygen atoms in total. The van der Waals surface area contributed by atoms with E-state index in [2.05, 4.69) is 26.2 Å². The molecule has 0 aliphatic carbocycles. The molecule has 3 N–H and O–H groups in total. The van der Waals surface area contributed by atoms with Crippen molar-refractivity contribution in [1.29, 1.82) is 0 Å². The number of thioether (sulfide) groups is 1.